The highest BCUT2D eigenvalue weighted by molar-refractivity contribution is 7.99. The predicted octanol–water partition coefficient (Wildman–Crippen LogP) is 0.792. The topological polar surface area (TPSA) is 62.5 Å². The molecule has 0 aliphatic heterocycles. The van der Waals surface area contributed by atoms with Gasteiger partial charge in [0.15, 0.2) is 10.8 Å². The maximum atomic E-state index is 9.18. The van der Waals surface area contributed by atoms with E-state index in [2.05, 4.69) is 15.5 Å². The molecule has 0 bridgehead atoms. The molecule has 0 fully saturated rings. The first-order valence-corrected chi connectivity index (χ1v) is 6.60. The summed E-state index contributed by atoms with van der Waals surface area (Å²) in [5.74, 6) is 0.778. The minimum absolute atomic E-state index is 0.0982. The number of aliphatic hydroxyl groups is 1. The van der Waals surface area contributed by atoms with Gasteiger partial charge in [-0.15, -0.1) is 10.2 Å². The molecule has 0 radical (unpaired) electrons. The number of pyridine rings is 1. The Morgan fingerprint density at radius 2 is 2.35 bits per heavy atom. The Morgan fingerprint density at radius 1 is 1.47 bits per heavy atom. The van der Waals surface area contributed by atoms with Crippen molar-refractivity contribution in [1.82, 2.24) is 19.9 Å². The lowest BCUT2D eigenvalue weighted by molar-refractivity contribution is 0.255. The van der Waals surface area contributed by atoms with Crippen LogP contribution in [0.25, 0.3) is 5.65 Å². The number of rotatable bonds is 6. The van der Waals surface area contributed by atoms with Gasteiger partial charge in [0.2, 0.25) is 0 Å². The highest BCUT2D eigenvalue weighted by atomic mass is 32.2. The van der Waals surface area contributed by atoms with Gasteiger partial charge in [0, 0.05) is 18.0 Å². The van der Waals surface area contributed by atoms with Gasteiger partial charge >= 0.3 is 0 Å². The molecule has 1 atom stereocenters. The lowest BCUT2D eigenvalue weighted by atomic mass is 10.4. The fourth-order valence-corrected chi connectivity index (χ4v) is 2.52. The number of nitrogens with one attached hydrogen (secondary N) is 1. The van der Waals surface area contributed by atoms with Crippen LogP contribution >= 0.6 is 11.8 Å². The van der Waals surface area contributed by atoms with Crippen LogP contribution in [0.15, 0.2) is 29.6 Å². The Balaban J connectivity index is 2.03. The number of fused-ring (bicyclic) bond motifs is 1. The zero-order chi connectivity index (χ0) is 12.1. The molecule has 92 valence electrons. The van der Waals surface area contributed by atoms with Crippen molar-refractivity contribution in [2.75, 3.05) is 18.9 Å². The fourth-order valence-electron chi connectivity index (χ4n) is 1.56. The summed E-state index contributed by atoms with van der Waals surface area (Å²) in [6, 6.07) is 5.91. The monoisotopic (exact) mass is 252 g/mol. The van der Waals surface area contributed by atoms with Gasteiger partial charge in [-0.1, -0.05) is 24.8 Å². The maximum absolute atomic E-state index is 9.18. The van der Waals surface area contributed by atoms with E-state index in [0.717, 1.165) is 23.1 Å². The second-order valence-electron chi connectivity index (χ2n) is 3.66. The van der Waals surface area contributed by atoms with Crippen LogP contribution in [0, 0.1) is 0 Å². The maximum Gasteiger partial charge on any atom is 0.195 e. The highest BCUT2D eigenvalue weighted by Gasteiger charge is 2.10. The molecular formula is C11H16N4OS. The van der Waals surface area contributed by atoms with Gasteiger partial charge in [0.25, 0.3) is 0 Å². The van der Waals surface area contributed by atoms with E-state index in [1.807, 2.05) is 35.7 Å². The predicted molar refractivity (Wildman–Crippen MR) is 68.3 cm³/mol. The smallest absolute Gasteiger partial charge is 0.195 e. The quantitative estimate of drug-likeness (QED) is 0.744. The number of likely N-dealkylation sites (N-methyl/N-ethyl adjacent to an activating group) is 1. The molecule has 17 heavy (non-hydrogen) atoms. The van der Waals surface area contributed by atoms with Crippen LogP contribution in [0.5, 0.6) is 0 Å². The molecule has 0 aliphatic rings. The second-order valence-corrected chi connectivity index (χ2v) is 4.65. The van der Waals surface area contributed by atoms with E-state index in [1.165, 1.54) is 0 Å². The van der Waals surface area contributed by atoms with E-state index in [0.29, 0.717) is 0 Å². The summed E-state index contributed by atoms with van der Waals surface area (Å²) in [6.07, 6.45) is 1.94. The number of aromatic nitrogens is 3. The van der Waals surface area contributed by atoms with E-state index in [4.69, 9.17) is 0 Å². The summed E-state index contributed by atoms with van der Waals surface area (Å²) in [7, 11) is 0. The zero-order valence-corrected chi connectivity index (χ0v) is 10.5. The molecule has 2 N–H and O–H groups in total. The third-order valence-corrected chi connectivity index (χ3v) is 3.51. The van der Waals surface area contributed by atoms with Gasteiger partial charge in [-0.2, -0.15) is 0 Å². The molecule has 2 heterocycles. The van der Waals surface area contributed by atoms with Gasteiger partial charge < -0.3 is 10.4 Å². The molecule has 2 rings (SSSR count). The van der Waals surface area contributed by atoms with Crippen LogP contribution in [0.1, 0.15) is 6.92 Å². The van der Waals surface area contributed by atoms with Crippen molar-refractivity contribution >= 4 is 17.4 Å². The number of hydrogen-bond donors (Lipinski definition) is 2. The van der Waals surface area contributed by atoms with Crippen LogP contribution in [-0.4, -0.2) is 44.7 Å². The fraction of sp³-hybridized carbons (Fsp3) is 0.455. The SMILES string of the molecule is CCNC(CO)CSc1nnc2ccccn12. The van der Waals surface area contributed by atoms with Crippen LogP contribution in [0.3, 0.4) is 0 Å². The Kier molecular flexibility index (Phi) is 4.36. The van der Waals surface area contributed by atoms with E-state index in [-0.39, 0.29) is 12.6 Å². The molecule has 0 saturated carbocycles. The van der Waals surface area contributed by atoms with E-state index in [9.17, 15) is 5.11 Å². The van der Waals surface area contributed by atoms with E-state index in [1.54, 1.807) is 11.8 Å². The molecule has 2 aromatic heterocycles. The first-order chi connectivity index (χ1) is 8.35. The van der Waals surface area contributed by atoms with Crippen LogP contribution in [0.4, 0.5) is 0 Å². The van der Waals surface area contributed by atoms with Crippen molar-refractivity contribution < 1.29 is 5.11 Å². The minimum Gasteiger partial charge on any atom is -0.395 e. The first-order valence-electron chi connectivity index (χ1n) is 5.62. The molecule has 0 amide bonds. The summed E-state index contributed by atoms with van der Waals surface area (Å²) >= 11 is 1.60. The van der Waals surface area contributed by atoms with Crippen molar-refractivity contribution in [3.63, 3.8) is 0 Å². The minimum atomic E-state index is 0.0982. The van der Waals surface area contributed by atoms with Crippen LogP contribution in [0.2, 0.25) is 0 Å². The summed E-state index contributed by atoms with van der Waals surface area (Å²) < 4.78 is 1.95. The van der Waals surface area contributed by atoms with Crippen molar-refractivity contribution in [3.8, 4) is 0 Å². The average molecular weight is 252 g/mol. The summed E-state index contributed by atoms with van der Waals surface area (Å²) in [6.45, 7) is 3.02. The zero-order valence-electron chi connectivity index (χ0n) is 9.71. The molecule has 0 aliphatic carbocycles. The molecule has 0 aromatic carbocycles. The Morgan fingerprint density at radius 3 is 3.12 bits per heavy atom. The average Bonchev–Trinajstić information content (AvgIpc) is 2.78. The van der Waals surface area contributed by atoms with Crippen LogP contribution < -0.4 is 5.32 Å². The summed E-state index contributed by atoms with van der Waals surface area (Å²) in [5.41, 5.74) is 0.846. The van der Waals surface area contributed by atoms with Gasteiger partial charge in [0.1, 0.15) is 0 Å². The lowest BCUT2D eigenvalue weighted by Gasteiger charge is -2.13. The third-order valence-electron chi connectivity index (χ3n) is 2.41. The largest absolute Gasteiger partial charge is 0.395 e. The molecule has 2 aromatic rings. The number of nitrogens with zero attached hydrogens (tertiary/aromatic N) is 3. The van der Waals surface area contributed by atoms with Gasteiger partial charge in [-0.3, -0.25) is 4.40 Å². The van der Waals surface area contributed by atoms with Crippen molar-refractivity contribution in [2.24, 2.45) is 0 Å². The normalized spacial score (nSPS) is 13.1. The molecule has 5 nitrogen and oxygen atoms in total. The molecule has 0 saturated heterocycles. The van der Waals surface area contributed by atoms with Crippen molar-refractivity contribution in [2.45, 2.75) is 18.1 Å². The highest BCUT2D eigenvalue weighted by Crippen LogP contribution is 2.17. The lowest BCUT2D eigenvalue weighted by Crippen LogP contribution is -2.34. The van der Waals surface area contributed by atoms with E-state index < -0.39 is 0 Å². The van der Waals surface area contributed by atoms with Crippen molar-refractivity contribution in [3.05, 3.63) is 24.4 Å². The molecular weight excluding hydrogens is 236 g/mol. The molecule has 6 heteroatoms. The van der Waals surface area contributed by atoms with Crippen molar-refractivity contribution in [1.29, 1.82) is 0 Å². The third kappa shape index (κ3) is 2.96. The van der Waals surface area contributed by atoms with Gasteiger partial charge in [0.05, 0.1) is 6.61 Å². The summed E-state index contributed by atoms with van der Waals surface area (Å²) in [5, 5.41) is 21.5. The molecule has 0 spiro atoms. The Bertz CT molecular complexity index is 473. The first kappa shape index (κ1) is 12.3. The standard InChI is InChI=1S/C11H16N4OS/c1-2-12-9(7-16)8-17-11-14-13-10-5-3-4-6-15(10)11/h3-6,9,12,16H,2,7-8H2,1H3. The Hall–Kier alpha value is -1.11. The number of thioether (sulfide) groups is 1. The van der Waals surface area contributed by atoms with E-state index >= 15 is 0 Å². The van der Waals surface area contributed by atoms with Gasteiger partial charge in [-0.25, -0.2) is 0 Å². The number of hydrogen-bond acceptors (Lipinski definition) is 5. The summed E-state index contributed by atoms with van der Waals surface area (Å²) in [4.78, 5) is 0. The van der Waals surface area contributed by atoms with Crippen LogP contribution in [-0.2, 0) is 0 Å². The second kappa shape index (κ2) is 6.00. The van der Waals surface area contributed by atoms with Gasteiger partial charge in [-0.05, 0) is 18.7 Å². The Labute approximate surface area is 104 Å². The number of aliphatic hydroxyl groups excluding tert-OH is 1. The molecule has 1 unspecified atom stereocenters.